The van der Waals surface area contributed by atoms with E-state index in [0.717, 1.165) is 53.5 Å². The standard InChI is InChI=1S/C24H24FN3O/c1-3-27(4-2)16-20-17-28(26-24(20)23-6-5-15-29-23)22-13-9-19(10-14-22)18-7-11-21(25)12-8-18/h5-15,17H,3-4,16H2,1-2H3. The van der Waals surface area contributed by atoms with Crippen LogP contribution in [0.2, 0.25) is 0 Å². The van der Waals surface area contributed by atoms with Gasteiger partial charge in [0, 0.05) is 18.3 Å². The molecule has 0 unspecified atom stereocenters. The third-order valence-electron chi connectivity index (χ3n) is 5.14. The van der Waals surface area contributed by atoms with Crippen LogP contribution in [0.15, 0.2) is 77.5 Å². The van der Waals surface area contributed by atoms with Crippen molar-refractivity contribution < 1.29 is 8.81 Å². The van der Waals surface area contributed by atoms with Gasteiger partial charge in [-0.3, -0.25) is 4.90 Å². The number of furan rings is 1. The SMILES string of the molecule is CCN(CC)Cc1cn(-c2ccc(-c3ccc(F)cc3)cc2)nc1-c1ccco1. The van der Waals surface area contributed by atoms with Gasteiger partial charge in [0.1, 0.15) is 11.5 Å². The Morgan fingerprint density at radius 3 is 2.17 bits per heavy atom. The molecule has 0 bridgehead atoms. The molecule has 0 radical (unpaired) electrons. The maximum absolute atomic E-state index is 13.2. The number of nitrogens with zero attached hydrogens (tertiary/aromatic N) is 3. The fraction of sp³-hybridized carbons (Fsp3) is 0.208. The first-order chi connectivity index (χ1) is 14.2. The van der Waals surface area contributed by atoms with Crippen molar-refractivity contribution >= 4 is 0 Å². The van der Waals surface area contributed by atoms with Crippen molar-refractivity contribution in [3.05, 3.63) is 84.5 Å². The van der Waals surface area contributed by atoms with Crippen LogP contribution in [0.3, 0.4) is 0 Å². The molecule has 0 spiro atoms. The lowest BCUT2D eigenvalue weighted by Crippen LogP contribution is -2.22. The Bertz CT molecular complexity index is 1050. The van der Waals surface area contributed by atoms with E-state index in [2.05, 4.69) is 24.9 Å². The van der Waals surface area contributed by atoms with Gasteiger partial charge in [-0.2, -0.15) is 5.10 Å². The highest BCUT2D eigenvalue weighted by Crippen LogP contribution is 2.26. The van der Waals surface area contributed by atoms with E-state index in [0.29, 0.717) is 0 Å². The molecule has 4 rings (SSSR count). The van der Waals surface area contributed by atoms with Gasteiger partial charge < -0.3 is 4.42 Å². The Kier molecular flexibility index (Phi) is 5.58. The highest BCUT2D eigenvalue weighted by Gasteiger charge is 2.16. The molecule has 0 aliphatic rings. The summed E-state index contributed by atoms with van der Waals surface area (Å²) >= 11 is 0. The molecule has 2 aromatic carbocycles. The molecular formula is C24H24FN3O. The summed E-state index contributed by atoms with van der Waals surface area (Å²) in [5.41, 5.74) is 4.98. The molecule has 0 fully saturated rings. The van der Waals surface area contributed by atoms with Crippen molar-refractivity contribution in [2.75, 3.05) is 13.1 Å². The van der Waals surface area contributed by atoms with Gasteiger partial charge in [0.25, 0.3) is 0 Å². The predicted octanol–water partition coefficient (Wildman–Crippen LogP) is 5.78. The first kappa shape index (κ1) is 19.2. The van der Waals surface area contributed by atoms with Gasteiger partial charge in [-0.15, -0.1) is 0 Å². The van der Waals surface area contributed by atoms with Gasteiger partial charge >= 0.3 is 0 Å². The van der Waals surface area contributed by atoms with Crippen LogP contribution in [0.1, 0.15) is 19.4 Å². The number of hydrogen-bond acceptors (Lipinski definition) is 3. The summed E-state index contributed by atoms with van der Waals surface area (Å²) in [5.74, 6) is 0.543. The third kappa shape index (κ3) is 4.15. The second kappa shape index (κ2) is 8.45. The lowest BCUT2D eigenvalue weighted by molar-refractivity contribution is 0.296. The minimum Gasteiger partial charge on any atom is -0.463 e. The molecule has 0 N–H and O–H groups in total. The van der Waals surface area contributed by atoms with Gasteiger partial charge in [-0.05, 0) is 60.6 Å². The minimum atomic E-state index is -0.229. The Morgan fingerprint density at radius 1 is 0.931 bits per heavy atom. The summed E-state index contributed by atoms with van der Waals surface area (Å²) < 4.78 is 20.7. The first-order valence-electron chi connectivity index (χ1n) is 9.89. The summed E-state index contributed by atoms with van der Waals surface area (Å²) in [6.07, 6.45) is 3.75. The zero-order valence-electron chi connectivity index (χ0n) is 16.7. The Morgan fingerprint density at radius 2 is 1.59 bits per heavy atom. The molecule has 0 saturated heterocycles. The predicted molar refractivity (Wildman–Crippen MR) is 113 cm³/mol. The van der Waals surface area contributed by atoms with Crippen LogP contribution in [-0.2, 0) is 6.54 Å². The van der Waals surface area contributed by atoms with Gasteiger partial charge in [0.15, 0.2) is 5.76 Å². The molecule has 0 atom stereocenters. The fourth-order valence-corrected chi connectivity index (χ4v) is 3.42. The molecule has 0 aliphatic carbocycles. The monoisotopic (exact) mass is 389 g/mol. The van der Waals surface area contributed by atoms with Crippen molar-refractivity contribution in [1.82, 2.24) is 14.7 Å². The van der Waals surface area contributed by atoms with Crippen molar-refractivity contribution in [1.29, 1.82) is 0 Å². The van der Waals surface area contributed by atoms with E-state index in [9.17, 15) is 4.39 Å². The highest BCUT2D eigenvalue weighted by atomic mass is 19.1. The molecular weight excluding hydrogens is 365 g/mol. The van der Waals surface area contributed by atoms with Crippen LogP contribution < -0.4 is 0 Å². The van der Waals surface area contributed by atoms with Crippen molar-refractivity contribution in [3.63, 3.8) is 0 Å². The minimum absolute atomic E-state index is 0.229. The lowest BCUT2D eigenvalue weighted by Gasteiger charge is -2.17. The quantitative estimate of drug-likeness (QED) is 0.402. The molecule has 0 amide bonds. The van der Waals surface area contributed by atoms with E-state index in [1.54, 1.807) is 18.4 Å². The Hall–Kier alpha value is -3.18. The largest absolute Gasteiger partial charge is 0.463 e. The van der Waals surface area contributed by atoms with E-state index in [4.69, 9.17) is 9.52 Å². The summed E-state index contributed by atoms with van der Waals surface area (Å²) in [4.78, 5) is 2.35. The van der Waals surface area contributed by atoms with E-state index in [-0.39, 0.29) is 5.82 Å². The average molecular weight is 389 g/mol. The van der Waals surface area contributed by atoms with Gasteiger partial charge in [0.05, 0.1) is 12.0 Å². The molecule has 5 heteroatoms. The lowest BCUT2D eigenvalue weighted by atomic mass is 10.1. The summed E-state index contributed by atoms with van der Waals surface area (Å²) in [6.45, 7) is 7.09. The number of halogens is 1. The van der Waals surface area contributed by atoms with E-state index in [1.807, 2.05) is 41.1 Å². The van der Waals surface area contributed by atoms with Crippen molar-refractivity contribution in [2.24, 2.45) is 0 Å². The highest BCUT2D eigenvalue weighted by molar-refractivity contribution is 5.65. The summed E-state index contributed by atoms with van der Waals surface area (Å²) in [6, 6.07) is 18.5. The molecule has 148 valence electrons. The second-order valence-corrected chi connectivity index (χ2v) is 6.94. The fourth-order valence-electron chi connectivity index (χ4n) is 3.42. The normalized spacial score (nSPS) is 11.3. The number of aromatic nitrogens is 2. The van der Waals surface area contributed by atoms with E-state index >= 15 is 0 Å². The second-order valence-electron chi connectivity index (χ2n) is 6.94. The molecule has 0 saturated carbocycles. The van der Waals surface area contributed by atoms with E-state index < -0.39 is 0 Å². The molecule has 0 aliphatic heterocycles. The maximum atomic E-state index is 13.2. The van der Waals surface area contributed by atoms with Crippen LogP contribution in [0.25, 0.3) is 28.3 Å². The molecule has 29 heavy (non-hydrogen) atoms. The zero-order chi connectivity index (χ0) is 20.2. The zero-order valence-corrected chi connectivity index (χ0v) is 16.7. The van der Waals surface area contributed by atoms with Crippen molar-refractivity contribution in [3.8, 4) is 28.3 Å². The average Bonchev–Trinajstić information content (AvgIpc) is 3.42. The molecule has 2 aromatic heterocycles. The first-order valence-corrected chi connectivity index (χ1v) is 9.89. The van der Waals surface area contributed by atoms with Crippen molar-refractivity contribution in [2.45, 2.75) is 20.4 Å². The number of benzene rings is 2. The van der Waals surface area contributed by atoms with Gasteiger partial charge in [-0.1, -0.05) is 38.1 Å². The van der Waals surface area contributed by atoms with Crippen LogP contribution in [0.4, 0.5) is 4.39 Å². The molecule has 4 aromatic rings. The topological polar surface area (TPSA) is 34.2 Å². The van der Waals surface area contributed by atoms with E-state index in [1.165, 1.54) is 12.1 Å². The van der Waals surface area contributed by atoms with Crippen LogP contribution >= 0.6 is 0 Å². The van der Waals surface area contributed by atoms with Gasteiger partial charge in [-0.25, -0.2) is 9.07 Å². The third-order valence-corrected chi connectivity index (χ3v) is 5.14. The summed E-state index contributed by atoms with van der Waals surface area (Å²) in [7, 11) is 0. The Balaban J connectivity index is 1.66. The van der Waals surface area contributed by atoms with Gasteiger partial charge in [0.2, 0.25) is 0 Å². The summed E-state index contributed by atoms with van der Waals surface area (Å²) in [5, 5.41) is 4.81. The van der Waals surface area contributed by atoms with Crippen LogP contribution in [-0.4, -0.2) is 27.8 Å². The molecule has 4 nitrogen and oxygen atoms in total. The molecule has 2 heterocycles. The number of rotatable bonds is 7. The smallest absolute Gasteiger partial charge is 0.154 e. The Labute approximate surface area is 170 Å². The van der Waals surface area contributed by atoms with Crippen LogP contribution in [0, 0.1) is 5.82 Å². The van der Waals surface area contributed by atoms with Crippen LogP contribution in [0.5, 0.6) is 0 Å². The number of hydrogen-bond donors (Lipinski definition) is 0. The maximum Gasteiger partial charge on any atom is 0.154 e.